The van der Waals surface area contributed by atoms with Crippen LogP contribution in [0, 0.1) is 0 Å². The first-order valence-corrected chi connectivity index (χ1v) is 6.22. The van der Waals surface area contributed by atoms with E-state index in [1.807, 2.05) is 31.3 Å². The van der Waals surface area contributed by atoms with E-state index < -0.39 is 0 Å². The number of halogens is 1. The Morgan fingerprint density at radius 1 is 1.53 bits per heavy atom. The van der Waals surface area contributed by atoms with Gasteiger partial charge in [0.05, 0.1) is 6.04 Å². The van der Waals surface area contributed by atoms with Crippen molar-refractivity contribution in [3.8, 4) is 0 Å². The predicted molar refractivity (Wildman–Crippen MR) is 69.0 cm³/mol. The fourth-order valence-corrected chi connectivity index (χ4v) is 2.35. The Hall–Kier alpha value is -1.06. The Bertz CT molecular complexity index is 422. The standard InChI is InChI=1S/C13H17ClN2O/c1-9(10-4-3-5-11(14)8-10)15-12-6-7-16(2)13(12)17/h3-5,8-9,12,15H,6-7H2,1-2H3. The average Bonchev–Trinajstić information content (AvgIpc) is 2.61. The first kappa shape index (κ1) is 12.4. The average molecular weight is 253 g/mol. The van der Waals surface area contributed by atoms with Crippen molar-refractivity contribution >= 4 is 17.5 Å². The van der Waals surface area contributed by atoms with Gasteiger partial charge in [0.15, 0.2) is 0 Å². The molecule has 0 aromatic heterocycles. The van der Waals surface area contributed by atoms with Gasteiger partial charge in [-0.2, -0.15) is 0 Å². The highest BCUT2D eigenvalue weighted by atomic mass is 35.5. The van der Waals surface area contributed by atoms with Crippen LogP contribution in [0.15, 0.2) is 24.3 Å². The lowest BCUT2D eigenvalue weighted by atomic mass is 10.1. The molecule has 0 spiro atoms. The van der Waals surface area contributed by atoms with Gasteiger partial charge in [0, 0.05) is 24.7 Å². The SMILES string of the molecule is CC(NC1CCN(C)C1=O)c1cccc(Cl)c1. The molecular formula is C13H17ClN2O. The van der Waals surface area contributed by atoms with Gasteiger partial charge >= 0.3 is 0 Å². The van der Waals surface area contributed by atoms with Crippen molar-refractivity contribution in [1.82, 2.24) is 10.2 Å². The van der Waals surface area contributed by atoms with E-state index in [1.165, 1.54) is 0 Å². The number of rotatable bonds is 3. The van der Waals surface area contributed by atoms with Crippen LogP contribution in [0.25, 0.3) is 0 Å². The minimum absolute atomic E-state index is 0.0611. The lowest BCUT2D eigenvalue weighted by Gasteiger charge is -2.19. The molecule has 3 nitrogen and oxygen atoms in total. The topological polar surface area (TPSA) is 32.3 Å². The van der Waals surface area contributed by atoms with Crippen LogP contribution in [0.1, 0.15) is 24.9 Å². The molecule has 2 rings (SSSR count). The molecule has 1 amide bonds. The van der Waals surface area contributed by atoms with E-state index in [1.54, 1.807) is 4.90 Å². The van der Waals surface area contributed by atoms with Gasteiger partial charge in [0.25, 0.3) is 0 Å². The molecule has 0 bridgehead atoms. The minimum Gasteiger partial charge on any atom is -0.344 e. The molecule has 92 valence electrons. The fourth-order valence-electron chi connectivity index (χ4n) is 2.15. The number of likely N-dealkylation sites (N-methyl/N-ethyl adjacent to an activating group) is 1. The largest absolute Gasteiger partial charge is 0.344 e. The van der Waals surface area contributed by atoms with Crippen molar-refractivity contribution in [2.45, 2.75) is 25.4 Å². The van der Waals surface area contributed by atoms with E-state index in [4.69, 9.17) is 11.6 Å². The van der Waals surface area contributed by atoms with Crippen molar-refractivity contribution in [1.29, 1.82) is 0 Å². The van der Waals surface area contributed by atoms with E-state index >= 15 is 0 Å². The Morgan fingerprint density at radius 2 is 2.29 bits per heavy atom. The van der Waals surface area contributed by atoms with E-state index in [0.29, 0.717) is 0 Å². The Labute approximate surface area is 107 Å². The molecular weight excluding hydrogens is 236 g/mol. The van der Waals surface area contributed by atoms with E-state index in [0.717, 1.165) is 23.6 Å². The van der Waals surface area contributed by atoms with Crippen LogP contribution in [0.3, 0.4) is 0 Å². The van der Waals surface area contributed by atoms with Crippen LogP contribution >= 0.6 is 11.6 Å². The second-order valence-electron chi connectivity index (χ2n) is 4.54. The quantitative estimate of drug-likeness (QED) is 0.895. The summed E-state index contributed by atoms with van der Waals surface area (Å²) in [7, 11) is 1.84. The third kappa shape index (κ3) is 2.79. The summed E-state index contributed by atoms with van der Waals surface area (Å²) in [6.07, 6.45) is 0.875. The third-order valence-corrected chi connectivity index (χ3v) is 3.46. The summed E-state index contributed by atoms with van der Waals surface area (Å²) in [6, 6.07) is 7.81. The number of carbonyl (C=O) groups excluding carboxylic acids is 1. The monoisotopic (exact) mass is 252 g/mol. The third-order valence-electron chi connectivity index (χ3n) is 3.23. The van der Waals surface area contributed by atoms with Crippen LogP contribution in [-0.4, -0.2) is 30.4 Å². The highest BCUT2D eigenvalue weighted by Crippen LogP contribution is 2.19. The molecule has 2 unspecified atom stereocenters. The number of nitrogens with one attached hydrogen (secondary N) is 1. The molecule has 4 heteroatoms. The maximum atomic E-state index is 11.8. The second-order valence-corrected chi connectivity index (χ2v) is 4.98. The second kappa shape index (κ2) is 5.07. The van der Waals surface area contributed by atoms with Crippen molar-refractivity contribution in [3.05, 3.63) is 34.9 Å². The highest BCUT2D eigenvalue weighted by Gasteiger charge is 2.29. The maximum absolute atomic E-state index is 11.8. The van der Waals surface area contributed by atoms with Crippen LogP contribution in [0.2, 0.25) is 5.02 Å². The maximum Gasteiger partial charge on any atom is 0.239 e. The molecule has 1 fully saturated rings. The number of benzene rings is 1. The van der Waals surface area contributed by atoms with Gasteiger partial charge in [-0.1, -0.05) is 23.7 Å². The first-order chi connectivity index (χ1) is 8.08. The molecule has 0 saturated carbocycles. The van der Waals surface area contributed by atoms with Crippen molar-refractivity contribution in [2.75, 3.05) is 13.6 Å². The number of amides is 1. The molecule has 0 radical (unpaired) electrons. The molecule has 1 aromatic rings. The lowest BCUT2D eigenvalue weighted by Crippen LogP contribution is -2.38. The van der Waals surface area contributed by atoms with Gasteiger partial charge in [-0.3, -0.25) is 10.1 Å². The summed E-state index contributed by atoms with van der Waals surface area (Å²) in [5.41, 5.74) is 1.11. The lowest BCUT2D eigenvalue weighted by molar-refractivity contribution is -0.128. The Balaban J connectivity index is 2.02. The van der Waals surface area contributed by atoms with Crippen LogP contribution in [-0.2, 0) is 4.79 Å². The highest BCUT2D eigenvalue weighted by molar-refractivity contribution is 6.30. The smallest absolute Gasteiger partial charge is 0.239 e. The summed E-state index contributed by atoms with van der Waals surface area (Å²) in [5.74, 6) is 0.180. The number of carbonyl (C=O) groups is 1. The minimum atomic E-state index is -0.0611. The summed E-state index contributed by atoms with van der Waals surface area (Å²) in [5, 5.41) is 4.08. The Morgan fingerprint density at radius 3 is 2.88 bits per heavy atom. The predicted octanol–water partition coefficient (Wildman–Crippen LogP) is 2.22. The molecule has 1 saturated heterocycles. The van der Waals surface area contributed by atoms with Crippen molar-refractivity contribution < 1.29 is 4.79 Å². The van der Waals surface area contributed by atoms with Gasteiger partial charge in [-0.05, 0) is 31.0 Å². The number of hydrogen-bond acceptors (Lipinski definition) is 2. The van der Waals surface area contributed by atoms with Gasteiger partial charge in [0.1, 0.15) is 0 Å². The zero-order chi connectivity index (χ0) is 12.4. The number of nitrogens with zero attached hydrogens (tertiary/aromatic N) is 1. The Kier molecular flexibility index (Phi) is 3.69. The van der Waals surface area contributed by atoms with E-state index in [9.17, 15) is 4.79 Å². The fraction of sp³-hybridized carbons (Fsp3) is 0.462. The molecule has 17 heavy (non-hydrogen) atoms. The number of likely N-dealkylation sites (tertiary alicyclic amines) is 1. The molecule has 2 atom stereocenters. The van der Waals surface area contributed by atoms with Gasteiger partial charge < -0.3 is 4.90 Å². The number of hydrogen-bond donors (Lipinski definition) is 1. The van der Waals surface area contributed by atoms with Crippen molar-refractivity contribution in [3.63, 3.8) is 0 Å². The normalized spacial score (nSPS) is 21.9. The molecule has 0 aliphatic carbocycles. The van der Waals surface area contributed by atoms with Crippen LogP contribution < -0.4 is 5.32 Å². The molecule has 1 N–H and O–H groups in total. The molecule has 1 aliphatic heterocycles. The molecule has 1 heterocycles. The summed E-state index contributed by atoms with van der Waals surface area (Å²) in [4.78, 5) is 13.5. The molecule has 1 aliphatic rings. The zero-order valence-corrected chi connectivity index (χ0v) is 10.9. The summed E-state index contributed by atoms with van der Waals surface area (Å²) in [6.45, 7) is 2.88. The van der Waals surface area contributed by atoms with E-state index in [2.05, 4.69) is 12.2 Å². The molecule has 1 aromatic carbocycles. The summed E-state index contributed by atoms with van der Waals surface area (Å²) < 4.78 is 0. The first-order valence-electron chi connectivity index (χ1n) is 5.84. The van der Waals surface area contributed by atoms with Crippen molar-refractivity contribution in [2.24, 2.45) is 0 Å². The van der Waals surface area contributed by atoms with Gasteiger partial charge in [-0.15, -0.1) is 0 Å². The van der Waals surface area contributed by atoms with Crippen LogP contribution in [0.4, 0.5) is 0 Å². The van der Waals surface area contributed by atoms with E-state index in [-0.39, 0.29) is 18.0 Å². The van der Waals surface area contributed by atoms with Gasteiger partial charge in [-0.25, -0.2) is 0 Å². The van der Waals surface area contributed by atoms with Gasteiger partial charge in [0.2, 0.25) is 5.91 Å². The summed E-state index contributed by atoms with van der Waals surface area (Å²) >= 11 is 5.95. The zero-order valence-electron chi connectivity index (χ0n) is 10.1. The van der Waals surface area contributed by atoms with Crippen LogP contribution in [0.5, 0.6) is 0 Å².